The fourth-order valence-electron chi connectivity index (χ4n) is 2.45. The van der Waals surface area contributed by atoms with Crippen LogP contribution in [0.25, 0.3) is 5.65 Å². The minimum absolute atomic E-state index is 0.233. The molecule has 7 heteroatoms. The Morgan fingerprint density at radius 1 is 1.30 bits per heavy atom. The smallest absolute Gasteiger partial charge is 0.256 e. The minimum Gasteiger partial charge on any atom is -0.486 e. The van der Waals surface area contributed by atoms with Crippen LogP contribution in [0.2, 0.25) is 0 Å². The van der Waals surface area contributed by atoms with Gasteiger partial charge < -0.3 is 14.8 Å². The van der Waals surface area contributed by atoms with Crippen molar-refractivity contribution in [2.45, 2.75) is 6.10 Å². The zero-order chi connectivity index (χ0) is 15.6. The molecule has 7 nitrogen and oxygen atoms in total. The van der Waals surface area contributed by atoms with E-state index in [2.05, 4.69) is 15.4 Å². The molecule has 3 heterocycles. The van der Waals surface area contributed by atoms with Crippen molar-refractivity contribution in [3.63, 3.8) is 0 Å². The van der Waals surface area contributed by atoms with Gasteiger partial charge in [-0.2, -0.15) is 5.10 Å². The van der Waals surface area contributed by atoms with Crippen molar-refractivity contribution in [3.05, 3.63) is 54.5 Å². The molecule has 23 heavy (non-hydrogen) atoms. The molecule has 0 saturated heterocycles. The largest absolute Gasteiger partial charge is 0.486 e. The van der Waals surface area contributed by atoms with Crippen LogP contribution in [0.4, 0.5) is 0 Å². The molecule has 4 rings (SSSR count). The van der Waals surface area contributed by atoms with E-state index in [0.29, 0.717) is 30.1 Å². The summed E-state index contributed by atoms with van der Waals surface area (Å²) in [7, 11) is 0. The number of ether oxygens (including phenoxy) is 2. The molecule has 116 valence electrons. The molecular formula is C16H14N4O3. The van der Waals surface area contributed by atoms with Crippen LogP contribution in [0.15, 0.2) is 48.9 Å². The number of carbonyl (C=O) groups excluding carboxylic acids is 1. The van der Waals surface area contributed by atoms with Crippen LogP contribution >= 0.6 is 0 Å². The molecule has 0 spiro atoms. The monoisotopic (exact) mass is 310 g/mol. The molecule has 0 unspecified atom stereocenters. The summed E-state index contributed by atoms with van der Waals surface area (Å²) in [5.74, 6) is 1.18. The second-order valence-electron chi connectivity index (χ2n) is 5.15. The lowest BCUT2D eigenvalue weighted by atomic mass is 10.2. The first kappa shape index (κ1) is 13.6. The normalized spacial score (nSPS) is 16.3. The first-order valence-corrected chi connectivity index (χ1v) is 7.26. The van der Waals surface area contributed by atoms with Crippen LogP contribution < -0.4 is 14.8 Å². The van der Waals surface area contributed by atoms with Crippen LogP contribution in [0, 0.1) is 0 Å². The highest BCUT2D eigenvalue weighted by Gasteiger charge is 2.22. The first-order chi connectivity index (χ1) is 11.3. The molecule has 0 aliphatic carbocycles. The van der Waals surface area contributed by atoms with Gasteiger partial charge in [-0.15, -0.1) is 0 Å². The fraction of sp³-hybridized carbons (Fsp3) is 0.188. The quantitative estimate of drug-likeness (QED) is 0.789. The van der Waals surface area contributed by atoms with Crippen LogP contribution in [0.3, 0.4) is 0 Å². The van der Waals surface area contributed by atoms with Gasteiger partial charge in [0.1, 0.15) is 18.3 Å². The third-order valence-electron chi connectivity index (χ3n) is 3.58. The number of para-hydroxylation sites is 2. The summed E-state index contributed by atoms with van der Waals surface area (Å²) in [5, 5.41) is 6.94. The topological polar surface area (TPSA) is 77.8 Å². The zero-order valence-electron chi connectivity index (χ0n) is 12.2. The molecule has 0 saturated carbocycles. The van der Waals surface area contributed by atoms with Crippen molar-refractivity contribution in [3.8, 4) is 11.5 Å². The number of nitrogens with zero attached hydrogens (tertiary/aromatic N) is 3. The van der Waals surface area contributed by atoms with E-state index in [1.807, 2.05) is 24.3 Å². The van der Waals surface area contributed by atoms with Crippen LogP contribution in [-0.4, -0.2) is 39.8 Å². The molecule has 1 aliphatic heterocycles. The third kappa shape index (κ3) is 2.57. The molecule has 0 radical (unpaired) electrons. The van der Waals surface area contributed by atoms with Gasteiger partial charge in [-0.3, -0.25) is 4.79 Å². The molecule has 1 N–H and O–H groups in total. The van der Waals surface area contributed by atoms with E-state index in [1.165, 1.54) is 6.20 Å². The lowest BCUT2D eigenvalue weighted by molar-refractivity contribution is 0.0790. The second-order valence-corrected chi connectivity index (χ2v) is 5.15. The summed E-state index contributed by atoms with van der Waals surface area (Å²) >= 11 is 0. The summed E-state index contributed by atoms with van der Waals surface area (Å²) in [4.78, 5) is 16.5. The number of hydrogen-bond acceptors (Lipinski definition) is 5. The van der Waals surface area contributed by atoms with Gasteiger partial charge in [-0.25, -0.2) is 9.50 Å². The minimum atomic E-state index is -0.235. The Hall–Kier alpha value is -3.09. The van der Waals surface area contributed by atoms with E-state index in [1.54, 1.807) is 23.0 Å². The van der Waals surface area contributed by atoms with Gasteiger partial charge in [0.25, 0.3) is 5.91 Å². The van der Waals surface area contributed by atoms with Gasteiger partial charge in [-0.05, 0) is 18.2 Å². The van der Waals surface area contributed by atoms with Crippen LogP contribution in [0.5, 0.6) is 11.5 Å². The average Bonchev–Trinajstić information content (AvgIpc) is 3.03. The number of rotatable bonds is 3. The highest BCUT2D eigenvalue weighted by molar-refractivity contribution is 5.99. The van der Waals surface area contributed by atoms with Gasteiger partial charge in [0.15, 0.2) is 17.1 Å². The Morgan fingerprint density at radius 2 is 2.17 bits per heavy atom. The summed E-state index contributed by atoms with van der Waals surface area (Å²) < 4.78 is 13.0. The molecule has 1 atom stereocenters. The number of fused-ring (bicyclic) bond motifs is 2. The van der Waals surface area contributed by atoms with Gasteiger partial charge >= 0.3 is 0 Å². The Morgan fingerprint density at radius 3 is 3.09 bits per heavy atom. The predicted octanol–water partition coefficient (Wildman–Crippen LogP) is 1.30. The van der Waals surface area contributed by atoms with Crippen molar-refractivity contribution in [1.29, 1.82) is 0 Å². The van der Waals surface area contributed by atoms with E-state index in [9.17, 15) is 4.79 Å². The summed E-state index contributed by atoms with van der Waals surface area (Å²) in [6, 6.07) is 9.23. The molecule has 0 bridgehead atoms. The lowest BCUT2D eigenvalue weighted by Crippen LogP contribution is -2.40. The van der Waals surface area contributed by atoms with Gasteiger partial charge in [0.05, 0.1) is 12.7 Å². The van der Waals surface area contributed by atoms with E-state index < -0.39 is 0 Å². The fourth-order valence-corrected chi connectivity index (χ4v) is 2.45. The molecule has 2 aromatic heterocycles. The summed E-state index contributed by atoms with van der Waals surface area (Å²) in [6.07, 6.45) is 4.64. The number of aromatic nitrogens is 3. The maximum absolute atomic E-state index is 12.3. The number of nitrogens with one attached hydrogen (secondary N) is 1. The van der Waals surface area contributed by atoms with Crippen molar-refractivity contribution in [2.24, 2.45) is 0 Å². The van der Waals surface area contributed by atoms with Crippen molar-refractivity contribution in [2.75, 3.05) is 13.2 Å². The summed E-state index contributed by atoms with van der Waals surface area (Å²) in [5.41, 5.74) is 0.957. The number of benzene rings is 1. The average molecular weight is 310 g/mol. The van der Waals surface area contributed by atoms with Crippen molar-refractivity contribution < 1.29 is 14.3 Å². The van der Waals surface area contributed by atoms with E-state index in [-0.39, 0.29) is 12.0 Å². The zero-order valence-corrected chi connectivity index (χ0v) is 12.2. The van der Waals surface area contributed by atoms with Gasteiger partial charge in [0.2, 0.25) is 0 Å². The maximum atomic E-state index is 12.3. The molecule has 0 fully saturated rings. The number of carbonyl (C=O) groups is 1. The molecule has 1 amide bonds. The highest BCUT2D eigenvalue weighted by atomic mass is 16.6. The molecule has 1 aliphatic rings. The summed E-state index contributed by atoms with van der Waals surface area (Å²) in [6.45, 7) is 0.738. The second kappa shape index (κ2) is 5.60. The van der Waals surface area contributed by atoms with E-state index in [4.69, 9.17) is 9.47 Å². The van der Waals surface area contributed by atoms with Crippen LogP contribution in [0.1, 0.15) is 10.4 Å². The van der Waals surface area contributed by atoms with Crippen molar-refractivity contribution >= 4 is 11.6 Å². The number of amides is 1. The van der Waals surface area contributed by atoms with Gasteiger partial charge in [0, 0.05) is 12.4 Å². The Bertz CT molecular complexity index is 861. The van der Waals surface area contributed by atoms with E-state index in [0.717, 1.165) is 5.75 Å². The molecular weight excluding hydrogens is 296 g/mol. The molecule has 1 aromatic carbocycles. The maximum Gasteiger partial charge on any atom is 0.256 e. The first-order valence-electron chi connectivity index (χ1n) is 7.26. The number of hydrogen-bond donors (Lipinski definition) is 1. The predicted molar refractivity (Wildman–Crippen MR) is 81.7 cm³/mol. The van der Waals surface area contributed by atoms with Crippen LogP contribution in [-0.2, 0) is 0 Å². The third-order valence-corrected chi connectivity index (χ3v) is 3.58. The van der Waals surface area contributed by atoms with Gasteiger partial charge in [-0.1, -0.05) is 12.1 Å². The highest BCUT2D eigenvalue weighted by Crippen LogP contribution is 2.30. The Labute approximate surface area is 131 Å². The molecule has 3 aromatic rings. The Balaban J connectivity index is 1.43. The standard InChI is InChI=1S/C16H14N4O3/c21-16(12-9-19-20-7-3-6-17-15(12)20)18-8-11-10-22-13-4-1-2-5-14(13)23-11/h1-7,9,11H,8,10H2,(H,18,21)/t11-/m1/s1. The Kier molecular flexibility index (Phi) is 3.30. The lowest BCUT2D eigenvalue weighted by Gasteiger charge is -2.26. The SMILES string of the molecule is O=C(NC[C@@H]1COc2ccccc2O1)c1cnn2cccnc12. The van der Waals surface area contributed by atoms with E-state index >= 15 is 0 Å². The van der Waals surface area contributed by atoms with Crippen molar-refractivity contribution in [1.82, 2.24) is 19.9 Å².